The molecule has 0 spiro atoms. The van der Waals surface area contributed by atoms with Crippen molar-refractivity contribution in [3.63, 3.8) is 0 Å². The molecule has 0 saturated carbocycles. The number of carbonyl (C=O) groups excluding carboxylic acids is 4. The van der Waals surface area contributed by atoms with Gasteiger partial charge in [-0.3, -0.25) is 9.59 Å². The van der Waals surface area contributed by atoms with Gasteiger partial charge in [0.1, 0.15) is 12.1 Å². The number of anilines is 1. The van der Waals surface area contributed by atoms with E-state index in [1.807, 2.05) is 19.9 Å². The third-order valence-electron chi connectivity index (χ3n) is 4.54. The molecule has 1 fully saturated rings. The van der Waals surface area contributed by atoms with E-state index >= 15 is 0 Å². The molecule has 9 nitrogen and oxygen atoms in total. The van der Waals surface area contributed by atoms with Gasteiger partial charge in [-0.2, -0.15) is 0 Å². The number of hydrogen-bond donors (Lipinski definition) is 2. The summed E-state index contributed by atoms with van der Waals surface area (Å²) in [5.74, 6) is -1.61. The van der Waals surface area contributed by atoms with Gasteiger partial charge in [0.05, 0.1) is 7.11 Å². The molecule has 10 heteroatoms. The van der Waals surface area contributed by atoms with Crippen molar-refractivity contribution in [3.8, 4) is 0 Å². The van der Waals surface area contributed by atoms with Crippen LogP contribution in [0, 0.1) is 5.92 Å². The molecular formula is C20H22N4O5S. The standard InChI is InChI=1S/C20H22N4O5S/c1-11(2)9-14(16(25)23-19-21-13(10-30-19)18(27)29-3)24-17(26)15(22-20(24)28)12-7-5-4-6-8-12/h4-8,10-11,14-15H,9H2,1-3H3,(H,22,28)(H,21,23,25)/t14-,15+/m1/s1. The summed E-state index contributed by atoms with van der Waals surface area (Å²) in [5.41, 5.74) is 0.710. The van der Waals surface area contributed by atoms with Crippen LogP contribution in [0.5, 0.6) is 0 Å². The summed E-state index contributed by atoms with van der Waals surface area (Å²) < 4.78 is 4.60. The van der Waals surface area contributed by atoms with E-state index in [1.165, 1.54) is 12.5 Å². The minimum Gasteiger partial charge on any atom is -0.464 e. The van der Waals surface area contributed by atoms with Gasteiger partial charge < -0.3 is 15.4 Å². The van der Waals surface area contributed by atoms with Crippen LogP contribution >= 0.6 is 11.3 Å². The maximum Gasteiger partial charge on any atom is 0.357 e. The van der Waals surface area contributed by atoms with E-state index in [9.17, 15) is 19.2 Å². The average Bonchev–Trinajstić information content (AvgIpc) is 3.30. The number of benzene rings is 1. The minimum absolute atomic E-state index is 0.0408. The Kier molecular flexibility index (Phi) is 6.46. The smallest absolute Gasteiger partial charge is 0.357 e. The molecule has 3 rings (SSSR count). The number of methoxy groups -OCH3 is 1. The lowest BCUT2D eigenvalue weighted by Crippen LogP contribution is -2.48. The van der Waals surface area contributed by atoms with Gasteiger partial charge in [0.2, 0.25) is 5.91 Å². The number of rotatable bonds is 7. The van der Waals surface area contributed by atoms with E-state index in [4.69, 9.17) is 0 Å². The largest absolute Gasteiger partial charge is 0.464 e. The summed E-state index contributed by atoms with van der Waals surface area (Å²) in [6, 6.07) is 6.37. The zero-order valence-corrected chi connectivity index (χ0v) is 17.6. The number of nitrogens with zero attached hydrogens (tertiary/aromatic N) is 2. The molecule has 1 aliphatic heterocycles. The second kappa shape index (κ2) is 9.04. The first-order chi connectivity index (χ1) is 14.3. The Morgan fingerprint density at radius 3 is 2.60 bits per heavy atom. The number of urea groups is 1. The van der Waals surface area contributed by atoms with Gasteiger partial charge in [0, 0.05) is 5.38 Å². The van der Waals surface area contributed by atoms with Crippen molar-refractivity contribution < 1.29 is 23.9 Å². The molecule has 158 valence electrons. The number of amides is 4. The number of aromatic nitrogens is 1. The summed E-state index contributed by atoms with van der Waals surface area (Å²) in [4.78, 5) is 55.2. The zero-order chi connectivity index (χ0) is 21.8. The normalized spacial score (nSPS) is 17.1. The lowest BCUT2D eigenvalue weighted by molar-refractivity contribution is -0.134. The first-order valence-corrected chi connectivity index (χ1v) is 10.2. The molecule has 1 aliphatic rings. The van der Waals surface area contributed by atoms with Gasteiger partial charge in [0.15, 0.2) is 10.8 Å². The maximum atomic E-state index is 13.0. The van der Waals surface area contributed by atoms with Crippen LogP contribution in [0.2, 0.25) is 0 Å². The van der Waals surface area contributed by atoms with E-state index < -0.39 is 35.9 Å². The van der Waals surface area contributed by atoms with Crippen molar-refractivity contribution in [2.45, 2.75) is 32.4 Å². The fraction of sp³-hybridized carbons (Fsp3) is 0.350. The second-order valence-corrected chi connectivity index (χ2v) is 8.02. The Morgan fingerprint density at radius 2 is 1.97 bits per heavy atom. The summed E-state index contributed by atoms with van der Waals surface area (Å²) in [7, 11) is 1.24. The number of nitrogens with one attached hydrogen (secondary N) is 2. The molecule has 30 heavy (non-hydrogen) atoms. The summed E-state index contributed by atoms with van der Waals surface area (Å²) in [6.45, 7) is 3.79. The molecule has 0 aliphatic carbocycles. The first kappa shape index (κ1) is 21.4. The highest BCUT2D eigenvalue weighted by Gasteiger charge is 2.45. The van der Waals surface area contributed by atoms with Crippen molar-refractivity contribution in [1.82, 2.24) is 15.2 Å². The van der Waals surface area contributed by atoms with Crippen LogP contribution in [0.3, 0.4) is 0 Å². The number of thiazole rings is 1. The predicted molar refractivity (Wildman–Crippen MR) is 110 cm³/mol. The fourth-order valence-electron chi connectivity index (χ4n) is 3.15. The Bertz CT molecular complexity index is 959. The molecule has 0 radical (unpaired) electrons. The Hall–Kier alpha value is -3.27. The molecule has 0 bridgehead atoms. The van der Waals surface area contributed by atoms with Gasteiger partial charge in [-0.05, 0) is 17.9 Å². The van der Waals surface area contributed by atoms with Gasteiger partial charge in [0.25, 0.3) is 5.91 Å². The summed E-state index contributed by atoms with van der Waals surface area (Å²) >= 11 is 1.05. The summed E-state index contributed by atoms with van der Waals surface area (Å²) in [5, 5.41) is 6.90. The Balaban J connectivity index is 1.82. The maximum absolute atomic E-state index is 13.0. The van der Waals surface area contributed by atoms with Crippen molar-refractivity contribution in [2.24, 2.45) is 5.92 Å². The quantitative estimate of drug-likeness (QED) is 0.515. The van der Waals surface area contributed by atoms with E-state index in [0.717, 1.165) is 16.2 Å². The molecule has 0 unspecified atom stereocenters. The van der Waals surface area contributed by atoms with Crippen LogP contribution in [-0.2, 0) is 14.3 Å². The lowest BCUT2D eigenvalue weighted by Gasteiger charge is -2.25. The van der Waals surface area contributed by atoms with Crippen molar-refractivity contribution in [1.29, 1.82) is 0 Å². The highest BCUT2D eigenvalue weighted by Crippen LogP contribution is 2.27. The average molecular weight is 430 g/mol. The SMILES string of the molecule is COC(=O)c1csc(NC(=O)[C@@H](CC(C)C)N2C(=O)N[C@@H](c3ccccc3)C2=O)n1. The third-order valence-corrected chi connectivity index (χ3v) is 5.30. The topological polar surface area (TPSA) is 118 Å². The van der Waals surface area contributed by atoms with Crippen LogP contribution in [0.4, 0.5) is 9.93 Å². The predicted octanol–water partition coefficient (Wildman–Crippen LogP) is 2.58. The number of hydrogen-bond acceptors (Lipinski definition) is 7. The van der Waals surface area contributed by atoms with Gasteiger partial charge in [-0.25, -0.2) is 19.5 Å². The van der Waals surface area contributed by atoms with Crippen molar-refractivity contribution in [2.75, 3.05) is 12.4 Å². The number of esters is 1. The minimum atomic E-state index is -1.02. The zero-order valence-electron chi connectivity index (χ0n) is 16.7. The molecule has 2 atom stereocenters. The van der Waals surface area contributed by atoms with Crippen LogP contribution < -0.4 is 10.6 Å². The van der Waals surface area contributed by atoms with Gasteiger partial charge >= 0.3 is 12.0 Å². The van der Waals surface area contributed by atoms with Gasteiger partial charge in [-0.1, -0.05) is 44.2 Å². The number of carbonyl (C=O) groups is 4. The van der Waals surface area contributed by atoms with E-state index in [2.05, 4.69) is 20.4 Å². The van der Waals surface area contributed by atoms with Crippen LogP contribution in [0.15, 0.2) is 35.7 Å². The van der Waals surface area contributed by atoms with Crippen molar-refractivity contribution in [3.05, 3.63) is 47.0 Å². The Labute approximate surface area is 177 Å². The lowest BCUT2D eigenvalue weighted by atomic mass is 10.0. The molecule has 4 amide bonds. The number of ether oxygens (including phenoxy) is 1. The molecule has 1 aromatic heterocycles. The molecular weight excluding hydrogens is 408 g/mol. The molecule has 2 N–H and O–H groups in total. The highest BCUT2D eigenvalue weighted by atomic mass is 32.1. The third kappa shape index (κ3) is 4.48. The summed E-state index contributed by atoms with van der Waals surface area (Å²) in [6.07, 6.45) is 0.280. The first-order valence-electron chi connectivity index (χ1n) is 9.35. The molecule has 1 aromatic carbocycles. The van der Waals surface area contributed by atoms with E-state index in [1.54, 1.807) is 24.3 Å². The highest BCUT2D eigenvalue weighted by molar-refractivity contribution is 7.14. The van der Waals surface area contributed by atoms with Crippen molar-refractivity contribution >= 4 is 40.3 Å². The van der Waals surface area contributed by atoms with Crippen LogP contribution in [-0.4, -0.2) is 46.9 Å². The monoisotopic (exact) mass is 430 g/mol. The van der Waals surface area contributed by atoms with Crippen LogP contribution in [0.1, 0.15) is 42.4 Å². The van der Waals surface area contributed by atoms with E-state index in [-0.39, 0.29) is 23.2 Å². The molecule has 2 heterocycles. The number of imide groups is 1. The molecule has 2 aromatic rings. The second-order valence-electron chi connectivity index (χ2n) is 7.17. The van der Waals surface area contributed by atoms with E-state index in [0.29, 0.717) is 5.56 Å². The van der Waals surface area contributed by atoms with Gasteiger partial charge in [-0.15, -0.1) is 11.3 Å². The van der Waals surface area contributed by atoms with Crippen LogP contribution in [0.25, 0.3) is 0 Å². The fourth-order valence-corrected chi connectivity index (χ4v) is 3.84. The Morgan fingerprint density at radius 1 is 1.27 bits per heavy atom. The molecule has 1 saturated heterocycles.